The lowest BCUT2D eigenvalue weighted by Gasteiger charge is -2.19. The first kappa shape index (κ1) is 39.2. The molecule has 310 valence electrons. The molecule has 11 rings (SSSR count). The average Bonchev–Trinajstić information content (AvgIpc) is 3.83. The molecule has 0 saturated heterocycles. The van der Waals surface area contributed by atoms with Crippen LogP contribution in [-0.4, -0.2) is 24.1 Å². The predicted molar refractivity (Wildman–Crippen MR) is 268 cm³/mol. The number of benzene rings is 8. The number of hydrogen-bond acceptors (Lipinski definition) is 3. The first-order valence-electron chi connectivity index (χ1n) is 22.2. The van der Waals surface area contributed by atoms with Crippen LogP contribution in [0.5, 0.6) is 0 Å². The van der Waals surface area contributed by atoms with Gasteiger partial charge in [0.15, 0.2) is 11.6 Å². The summed E-state index contributed by atoms with van der Waals surface area (Å²) < 4.78 is 4.62. The summed E-state index contributed by atoms with van der Waals surface area (Å²) in [7, 11) is 0. The number of hydrogen-bond donors (Lipinski definition) is 0. The van der Waals surface area contributed by atoms with E-state index in [1.54, 1.807) is 0 Å². The molecule has 5 nitrogen and oxygen atoms in total. The largest absolute Gasteiger partial charge is 0.309 e. The van der Waals surface area contributed by atoms with Crippen LogP contribution in [0.1, 0.15) is 52.7 Å². The fraction of sp³-hybridized carbons (Fsp3) is 0.136. The van der Waals surface area contributed by atoms with E-state index in [0.29, 0.717) is 17.6 Å². The Bertz CT molecular complexity index is 3380. The minimum absolute atomic E-state index is 0.00366. The molecule has 0 saturated carbocycles. The van der Waals surface area contributed by atoms with Gasteiger partial charge in [0.05, 0.1) is 27.8 Å². The maximum atomic E-state index is 5.48. The molecule has 0 radical (unpaired) electrons. The molecule has 0 bridgehead atoms. The molecule has 11 aromatic rings. The van der Waals surface area contributed by atoms with Crippen LogP contribution in [0.4, 0.5) is 0 Å². The monoisotopic (exact) mass is 827 g/mol. The minimum Gasteiger partial charge on any atom is -0.309 e. The fourth-order valence-electron chi connectivity index (χ4n) is 9.23. The van der Waals surface area contributed by atoms with Gasteiger partial charge in [0.25, 0.3) is 0 Å². The number of nitrogens with zero attached hydrogens (tertiary/aromatic N) is 5. The van der Waals surface area contributed by atoms with Gasteiger partial charge in [-0.1, -0.05) is 169 Å². The van der Waals surface area contributed by atoms with E-state index in [0.717, 1.165) is 60.8 Å². The topological polar surface area (TPSA) is 48.5 Å². The quantitative estimate of drug-likeness (QED) is 0.168. The molecule has 3 heterocycles. The molecule has 0 atom stereocenters. The third kappa shape index (κ3) is 6.76. The molecule has 0 N–H and O–H groups in total. The Morgan fingerprint density at radius 2 is 0.734 bits per heavy atom. The van der Waals surface area contributed by atoms with Gasteiger partial charge in [-0.25, -0.2) is 4.98 Å². The number of para-hydroxylation sites is 1. The third-order valence-corrected chi connectivity index (χ3v) is 12.7. The number of aromatic nitrogens is 5. The van der Waals surface area contributed by atoms with Gasteiger partial charge in [-0.05, 0) is 105 Å². The van der Waals surface area contributed by atoms with Crippen molar-refractivity contribution in [1.29, 1.82) is 0 Å². The van der Waals surface area contributed by atoms with E-state index < -0.39 is 0 Å². The minimum atomic E-state index is -0.00366. The Morgan fingerprint density at radius 1 is 0.328 bits per heavy atom. The van der Waals surface area contributed by atoms with Crippen LogP contribution < -0.4 is 0 Å². The van der Waals surface area contributed by atoms with Crippen molar-refractivity contribution < 1.29 is 0 Å². The Kier molecular flexibility index (Phi) is 9.21. The predicted octanol–water partition coefficient (Wildman–Crippen LogP) is 15.3. The lowest BCUT2D eigenvalue weighted by molar-refractivity contribution is 0.590. The number of fused-ring (bicyclic) bond motifs is 6. The van der Waals surface area contributed by atoms with Crippen molar-refractivity contribution in [2.75, 3.05) is 0 Å². The highest BCUT2D eigenvalue weighted by molar-refractivity contribution is 6.12. The third-order valence-electron chi connectivity index (χ3n) is 12.7. The summed E-state index contributed by atoms with van der Waals surface area (Å²) in [6.07, 6.45) is 0. The highest BCUT2D eigenvalue weighted by Gasteiger charge is 2.24. The Hall–Kier alpha value is -7.63. The van der Waals surface area contributed by atoms with Gasteiger partial charge < -0.3 is 4.57 Å². The summed E-state index contributed by atoms with van der Waals surface area (Å²) in [4.78, 5) is 16.1. The SMILES string of the molecule is CC(C)(C)c1ccc2c(c1)c1cc(C(C)(C)C)ccc1n2-c1ccccc1-c1nc(-c2ccccc2)nc(-n2c3ccc(-c4ccccc4)cc3c3cc(-c4ccccc4)ccc32)n1. The second-order valence-electron chi connectivity index (χ2n) is 19.0. The van der Waals surface area contributed by atoms with Crippen molar-refractivity contribution >= 4 is 43.6 Å². The molecular formula is C59H49N5. The fourth-order valence-corrected chi connectivity index (χ4v) is 9.23. The van der Waals surface area contributed by atoms with Gasteiger partial charge in [0.2, 0.25) is 5.95 Å². The number of rotatable bonds is 6. The van der Waals surface area contributed by atoms with E-state index in [1.165, 1.54) is 33.0 Å². The van der Waals surface area contributed by atoms with Gasteiger partial charge in [-0.2, -0.15) is 9.97 Å². The molecular weight excluding hydrogens is 779 g/mol. The van der Waals surface area contributed by atoms with Crippen LogP contribution in [0.2, 0.25) is 0 Å². The van der Waals surface area contributed by atoms with Crippen LogP contribution >= 0.6 is 0 Å². The molecule has 5 heteroatoms. The van der Waals surface area contributed by atoms with Crippen molar-refractivity contribution in [2.45, 2.75) is 52.4 Å². The van der Waals surface area contributed by atoms with Crippen LogP contribution in [0.25, 0.3) is 100 Å². The lowest BCUT2D eigenvalue weighted by atomic mass is 9.85. The van der Waals surface area contributed by atoms with E-state index >= 15 is 0 Å². The van der Waals surface area contributed by atoms with Gasteiger partial charge in [0.1, 0.15) is 0 Å². The first-order valence-corrected chi connectivity index (χ1v) is 22.2. The smallest absolute Gasteiger partial charge is 0.238 e. The highest BCUT2D eigenvalue weighted by atomic mass is 15.2. The zero-order valence-electron chi connectivity index (χ0n) is 37.1. The first-order chi connectivity index (χ1) is 31.0. The zero-order valence-corrected chi connectivity index (χ0v) is 37.1. The molecule has 0 aliphatic heterocycles. The van der Waals surface area contributed by atoms with E-state index in [9.17, 15) is 0 Å². The molecule has 0 fully saturated rings. The summed E-state index contributed by atoms with van der Waals surface area (Å²) in [5.41, 5.74) is 14.4. The molecule has 0 amide bonds. The second-order valence-corrected chi connectivity index (χ2v) is 19.0. The van der Waals surface area contributed by atoms with Gasteiger partial charge in [-0.15, -0.1) is 0 Å². The van der Waals surface area contributed by atoms with Crippen molar-refractivity contribution in [2.24, 2.45) is 0 Å². The summed E-state index contributed by atoms with van der Waals surface area (Å²) in [6.45, 7) is 13.7. The molecule has 3 aromatic heterocycles. The van der Waals surface area contributed by atoms with E-state index in [2.05, 4.69) is 221 Å². The van der Waals surface area contributed by atoms with Crippen LogP contribution in [0, 0.1) is 0 Å². The van der Waals surface area contributed by atoms with E-state index in [-0.39, 0.29) is 10.8 Å². The standard InChI is InChI=1S/C59H49N5/c1-58(2,3)43-28-32-51-48(36-43)49-37-44(59(4,5)6)29-33-52(49)63(51)50-25-17-16-24-45(50)56-60-55(40-22-14-9-15-23-40)61-57(62-56)64-53-30-26-41(38-18-10-7-11-19-38)34-46(53)47-35-42(27-31-54(47)64)39-20-12-8-13-21-39/h7-37H,1-6H3. The second kappa shape index (κ2) is 15.0. The van der Waals surface area contributed by atoms with Gasteiger partial charge in [-0.3, -0.25) is 4.57 Å². The molecule has 0 aliphatic rings. The molecule has 0 aliphatic carbocycles. The van der Waals surface area contributed by atoms with Crippen molar-refractivity contribution in [3.63, 3.8) is 0 Å². The van der Waals surface area contributed by atoms with Crippen molar-refractivity contribution in [3.05, 3.63) is 199 Å². The van der Waals surface area contributed by atoms with E-state index in [1.807, 2.05) is 18.2 Å². The van der Waals surface area contributed by atoms with Crippen molar-refractivity contribution in [1.82, 2.24) is 24.1 Å². The maximum Gasteiger partial charge on any atom is 0.238 e. The summed E-state index contributed by atoms with van der Waals surface area (Å²) in [6, 6.07) is 67.4. The Morgan fingerprint density at radius 3 is 1.23 bits per heavy atom. The van der Waals surface area contributed by atoms with Gasteiger partial charge in [0, 0.05) is 32.7 Å². The molecule has 64 heavy (non-hydrogen) atoms. The lowest BCUT2D eigenvalue weighted by Crippen LogP contribution is -2.10. The normalized spacial score (nSPS) is 12.2. The Balaban J connectivity index is 1.18. The summed E-state index contributed by atoms with van der Waals surface area (Å²) in [5, 5.41) is 4.74. The van der Waals surface area contributed by atoms with E-state index in [4.69, 9.17) is 15.0 Å². The summed E-state index contributed by atoms with van der Waals surface area (Å²) in [5.74, 6) is 1.77. The molecule has 8 aromatic carbocycles. The highest BCUT2D eigenvalue weighted by Crippen LogP contribution is 2.41. The zero-order chi connectivity index (χ0) is 43.7. The van der Waals surface area contributed by atoms with Crippen LogP contribution in [-0.2, 0) is 10.8 Å². The van der Waals surface area contributed by atoms with Gasteiger partial charge >= 0.3 is 0 Å². The van der Waals surface area contributed by atoms with Crippen LogP contribution in [0.15, 0.2) is 188 Å². The molecule has 0 spiro atoms. The van der Waals surface area contributed by atoms with Crippen molar-refractivity contribution in [3.8, 4) is 56.7 Å². The van der Waals surface area contributed by atoms with Crippen LogP contribution in [0.3, 0.4) is 0 Å². The molecule has 0 unspecified atom stereocenters. The Labute approximate surface area is 374 Å². The summed E-state index contributed by atoms with van der Waals surface area (Å²) >= 11 is 0. The maximum absolute atomic E-state index is 5.48. The average molecular weight is 828 g/mol.